The first kappa shape index (κ1) is 22.2. The van der Waals surface area contributed by atoms with Crippen LogP contribution in [0.2, 0.25) is 0 Å². The Bertz CT molecular complexity index is 444. The molecule has 3 unspecified atom stereocenters. The van der Waals surface area contributed by atoms with Gasteiger partial charge in [0, 0.05) is 24.8 Å². The topological polar surface area (TPSA) is 134 Å². The molecule has 0 bridgehead atoms. The number of carbonyl (C=O) groups is 1. The van der Waals surface area contributed by atoms with Crippen LogP contribution in [0, 0.1) is 0 Å². The first-order valence-electron chi connectivity index (χ1n) is 7.25. The molecule has 0 rings (SSSR count). The molecule has 0 aliphatic heterocycles. The summed E-state index contributed by atoms with van der Waals surface area (Å²) in [7, 11) is -4.71. The number of phosphoric acid groups is 1. The lowest BCUT2D eigenvalue weighted by atomic mass is 9.85. The van der Waals surface area contributed by atoms with Gasteiger partial charge in [-0.3, -0.25) is 4.52 Å². The predicted molar refractivity (Wildman–Crippen MR) is 83.4 cm³/mol. The van der Waals surface area contributed by atoms with E-state index < -0.39 is 37.7 Å². The zero-order valence-corrected chi connectivity index (χ0v) is 14.8. The maximum Gasteiger partial charge on any atom is 0.469 e. The fraction of sp³-hybridized carbons (Fsp3) is 0.786. The summed E-state index contributed by atoms with van der Waals surface area (Å²) in [4.78, 5) is 29.7. The lowest BCUT2D eigenvalue weighted by Crippen LogP contribution is -2.43. The second-order valence-electron chi connectivity index (χ2n) is 6.07. The van der Waals surface area contributed by atoms with E-state index in [0.717, 1.165) is 0 Å². The van der Waals surface area contributed by atoms with E-state index in [-0.39, 0.29) is 24.8 Å². The third-order valence-electron chi connectivity index (χ3n) is 2.97. The van der Waals surface area contributed by atoms with Gasteiger partial charge in [0.1, 0.15) is 5.60 Å². The Morgan fingerprint density at radius 3 is 1.87 bits per heavy atom. The third kappa shape index (κ3) is 9.86. The number of esters is 1. The quantitative estimate of drug-likeness (QED) is 0.262. The van der Waals surface area contributed by atoms with Crippen molar-refractivity contribution in [2.45, 2.75) is 70.9 Å². The lowest BCUT2D eigenvalue weighted by Gasteiger charge is -2.37. The molecule has 0 amide bonds. The summed E-state index contributed by atoms with van der Waals surface area (Å²) in [6.45, 7) is 9.31. The number of ether oxygens (including phenoxy) is 1. The van der Waals surface area contributed by atoms with Gasteiger partial charge in [-0.15, -0.1) is 0 Å². The SMILES string of the molecule is C=C(C)C(=O)OC(CC(C)O)(CC(C)O)CC(C)OP(=O)(O)O. The second-order valence-corrected chi connectivity index (χ2v) is 7.26. The fourth-order valence-corrected chi connectivity index (χ4v) is 3.07. The largest absolute Gasteiger partial charge is 0.469 e. The number of phosphoric ester groups is 1. The molecule has 3 atom stereocenters. The summed E-state index contributed by atoms with van der Waals surface area (Å²) in [5.41, 5.74) is -1.21. The molecule has 136 valence electrons. The van der Waals surface area contributed by atoms with E-state index in [0.29, 0.717) is 0 Å². The molecule has 0 aliphatic rings. The van der Waals surface area contributed by atoms with Gasteiger partial charge < -0.3 is 24.7 Å². The lowest BCUT2D eigenvalue weighted by molar-refractivity contribution is -0.165. The van der Waals surface area contributed by atoms with Crippen molar-refractivity contribution in [2.75, 3.05) is 0 Å². The van der Waals surface area contributed by atoms with E-state index in [1.54, 1.807) is 0 Å². The monoisotopic (exact) mass is 354 g/mol. The third-order valence-corrected chi connectivity index (χ3v) is 3.60. The molecular weight excluding hydrogens is 327 g/mol. The Morgan fingerprint density at radius 1 is 1.13 bits per heavy atom. The van der Waals surface area contributed by atoms with Crippen LogP contribution in [0.15, 0.2) is 12.2 Å². The molecule has 4 N–H and O–H groups in total. The summed E-state index contributed by atoms with van der Waals surface area (Å²) in [5.74, 6) is -0.713. The Labute approximate surface area is 136 Å². The highest BCUT2D eigenvalue weighted by Crippen LogP contribution is 2.41. The number of carbonyl (C=O) groups excluding carboxylic acids is 1. The van der Waals surface area contributed by atoms with E-state index in [4.69, 9.17) is 14.5 Å². The molecule has 8 nitrogen and oxygen atoms in total. The van der Waals surface area contributed by atoms with Crippen molar-refractivity contribution >= 4 is 13.8 Å². The minimum absolute atomic E-state index is 0.0220. The summed E-state index contributed by atoms with van der Waals surface area (Å²) in [5, 5.41) is 19.4. The van der Waals surface area contributed by atoms with Gasteiger partial charge in [0.05, 0.1) is 18.3 Å². The molecule has 0 fully saturated rings. The van der Waals surface area contributed by atoms with Crippen molar-refractivity contribution in [1.29, 1.82) is 0 Å². The van der Waals surface area contributed by atoms with Crippen LogP contribution in [-0.4, -0.2) is 49.9 Å². The van der Waals surface area contributed by atoms with Crippen molar-refractivity contribution in [1.82, 2.24) is 0 Å². The van der Waals surface area contributed by atoms with Crippen LogP contribution in [0.5, 0.6) is 0 Å². The molecule has 0 aromatic heterocycles. The molecular formula is C14H27O8P. The molecule has 0 saturated carbocycles. The van der Waals surface area contributed by atoms with Crippen molar-refractivity contribution in [3.8, 4) is 0 Å². The second kappa shape index (κ2) is 8.92. The van der Waals surface area contributed by atoms with E-state index >= 15 is 0 Å². The highest BCUT2D eigenvalue weighted by molar-refractivity contribution is 7.46. The van der Waals surface area contributed by atoms with Crippen LogP contribution >= 0.6 is 7.82 Å². The zero-order chi connectivity index (χ0) is 18.4. The number of aliphatic hydroxyl groups is 2. The Hall–Kier alpha value is -0.760. The van der Waals surface area contributed by atoms with E-state index in [9.17, 15) is 19.6 Å². The molecule has 0 spiro atoms. The average Bonchev–Trinajstić information content (AvgIpc) is 2.22. The number of rotatable bonds is 10. The van der Waals surface area contributed by atoms with Gasteiger partial charge in [-0.05, 0) is 27.7 Å². The van der Waals surface area contributed by atoms with Gasteiger partial charge in [-0.25, -0.2) is 9.36 Å². The normalized spacial score (nSPS) is 18.6. The van der Waals surface area contributed by atoms with Gasteiger partial charge in [0.2, 0.25) is 0 Å². The Balaban J connectivity index is 5.46. The van der Waals surface area contributed by atoms with Gasteiger partial charge in [0.15, 0.2) is 0 Å². The smallest absolute Gasteiger partial charge is 0.455 e. The Morgan fingerprint density at radius 2 is 1.57 bits per heavy atom. The van der Waals surface area contributed by atoms with Gasteiger partial charge in [0.25, 0.3) is 0 Å². The van der Waals surface area contributed by atoms with Crippen molar-refractivity contribution in [3.05, 3.63) is 12.2 Å². The number of hydrogen-bond acceptors (Lipinski definition) is 6. The first-order valence-corrected chi connectivity index (χ1v) is 8.78. The molecule has 0 aliphatic carbocycles. The molecule has 0 saturated heterocycles. The molecule has 0 aromatic rings. The highest BCUT2D eigenvalue weighted by Gasteiger charge is 2.40. The zero-order valence-electron chi connectivity index (χ0n) is 13.9. The number of aliphatic hydroxyl groups excluding tert-OH is 2. The highest BCUT2D eigenvalue weighted by atomic mass is 31.2. The number of hydrogen-bond donors (Lipinski definition) is 4. The minimum atomic E-state index is -4.71. The van der Waals surface area contributed by atoms with Crippen LogP contribution in [-0.2, 0) is 18.6 Å². The van der Waals surface area contributed by atoms with E-state index in [2.05, 4.69) is 11.1 Å². The maximum atomic E-state index is 11.9. The van der Waals surface area contributed by atoms with Gasteiger partial charge in [-0.2, -0.15) is 0 Å². The van der Waals surface area contributed by atoms with Crippen LogP contribution in [0.3, 0.4) is 0 Å². The molecule has 0 radical (unpaired) electrons. The first-order chi connectivity index (χ1) is 10.3. The molecule has 0 aromatic carbocycles. The summed E-state index contributed by atoms with van der Waals surface area (Å²) < 4.78 is 21.0. The molecule has 0 heterocycles. The summed E-state index contributed by atoms with van der Waals surface area (Å²) >= 11 is 0. The van der Waals surface area contributed by atoms with Crippen LogP contribution in [0.25, 0.3) is 0 Å². The van der Waals surface area contributed by atoms with Gasteiger partial charge in [-0.1, -0.05) is 6.58 Å². The maximum absolute atomic E-state index is 11.9. The summed E-state index contributed by atoms with van der Waals surface area (Å²) in [6, 6.07) is 0. The predicted octanol–water partition coefficient (Wildman–Crippen LogP) is 1.27. The van der Waals surface area contributed by atoms with Gasteiger partial charge >= 0.3 is 13.8 Å². The van der Waals surface area contributed by atoms with Crippen molar-refractivity contribution in [2.24, 2.45) is 0 Å². The standard InChI is InChI=1S/C14H27O8P/c1-9(2)13(17)21-14(6-10(3)15,7-11(4)16)8-12(5)22-23(18,19)20/h10-12,15-16H,1,6-8H2,2-5H3,(H2,18,19,20). The van der Waals surface area contributed by atoms with Crippen molar-refractivity contribution < 1.29 is 38.6 Å². The summed E-state index contributed by atoms with van der Waals surface area (Å²) in [6.07, 6.45) is -2.85. The Kier molecular flexibility index (Phi) is 8.62. The van der Waals surface area contributed by atoms with E-state index in [1.807, 2.05) is 0 Å². The molecule has 9 heteroatoms. The average molecular weight is 354 g/mol. The van der Waals surface area contributed by atoms with E-state index in [1.165, 1.54) is 27.7 Å². The minimum Gasteiger partial charge on any atom is -0.455 e. The van der Waals surface area contributed by atoms with Crippen LogP contribution in [0.4, 0.5) is 0 Å². The van der Waals surface area contributed by atoms with Crippen molar-refractivity contribution in [3.63, 3.8) is 0 Å². The fourth-order valence-electron chi connectivity index (χ4n) is 2.53. The van der Waals surface area contributed by atoms with Crippen LogP contribution < -0.4 is 0 Å². The molecule has 23 heavy (non-hydrogen) atoms. The van der Waals surface area contributed by atoms with Crippen LogP contribution in [0.1, 0.15) is 47.0 Å².